The Morgan fingerprint density at radius 3 is 2.64 bits per heavy atom. The van der Waals surface area contributed by atoms with Crippen molar-refractivity contribution in [1.29, 1.82) is 0 Å². The first kappa shape index (κ1) is 23.7. The number of phenols is 1. The topological polar surface area (TPSA) is 96.6 Å². The minimum Gasteiger partial charge on any atom is -0.506 e. The largest absolute Gasteiger partial charge is 0.506 e. The lowest BCUT2D eigenvalue weighted by Crippen LogP contribution is -2.24. The summed E-state index contributed by atoms with van der Waals surface area (Å²) in [4.78, 5) is 30.2. The summed E-state index contributed by atoms with van der Waals surface area (Å²) in [5.74, 6) is -0.251. The van der Waals surface area contributed by atoms with Crippen LogP contribution in [0.1, 0.15) is 5.56 Å². The number of para-hydroxylation sites is 2. The number of nitrogens with one attached hydrogen (secondary N) is 1. The third-order valence-electron chi connectivity index (χ3n) is 4.54. The lowest BCUT2D eigenvalue weighted by molar-refractivity contribution is -0.118. The van der Waals surface area contributed by atoms with Gasteiger partial charge in [-0.15, -0.1) is 0 Å². The summed E-state index contributed by atoms with van der Waals surface area (Å²) in [7, 11) is 0. The number of halogens is 2. The summed E-state index contributed by atoms with van der Waals surface area (Å²) in [6.45, 7) is 0. The molecule has 0 spiro atoms. The molecule has 166 valence electrons. The zero-order valence-corrected chi connectivity index (χ0v) is 22.0. The van der Waals surface area contributed by atoms with Crippen LogP contribution < -0.4 is 11.0 Å². The number of benzene rings is 3. The van der Waals surface area contributed by atoms with E-state index in [4.69, 9.17) is 0 Å². The van der Waals surface area contributed by atoms with Gasteiger partial charge in [-0.25, -0.2) is 10.4 Å². The molecule has 0 saturated carbocycles. The molecule has 0 unspecified atom stereocenters. The Morgan fingerprint density at radius 2 is 1.85 bits per heavy atom. The first-order valence-electron chi connectivity index (χ1n) is 9.64. The van der Waals surface area contributed by atoms with Crippen molar-refractivity contribution in [2.24, 2.45) is 5.10 Å². The molecule has 4 aromatic rings. The molecule has 7 nitrogen and oxygen atoms in total. The van der Waals surface area contributed by atoms with Crippen LogP contribution in [0.5, 0.6) is 5.75 Å². The molecule has 0 fully saturated rings. The highest BCUT2D eigenvalue weighted by molar-refractivity contribution is 14.1. The maximum Gasteiger partial charge on any atom is 0.266 e. The summed E-state index contributed by atoms with van der Waals surface area (Å²) >= 11 is 5.33. The number of thioether (sulfide) groups is 1. The number of amides is 1. The van der Waals surface area contributed by atoms with Gasteiger partial charge in [0.15, 0.2) is 5.16 Å². The van der Waals surface area contributed by atoms with E-state index in [0.717, 1.165) is 15.3 Å². The SMILES string of the molecule is O=C(CSc1nc2ccccc2c(=O)n1-c1ccccc1)N/N=C/c1cc(I)cc(I)c1O. The van der Waals surface area contributed by atoms with Crippen molar-refractivity contribution in [2.45, 2.75) is 5.16 Å². The molecule has 0 aliphatic heterocycles. The van der Waals surface area contributed by atoms with Crippen LogP contribution in [0, 0.1) is 7.14 Å². The number of hydrogen-bond donors (Lipinski definition) is 2. The average molecular weight is 682 g/mol. The van der Waals surface area contributed by atoms with E-state index in [1.54, 1.807) is 24.3 Å². The van der Waals surface area contributed by atoms with Gasteiger partial charge < -0.3 is 5.11 Å². The number of fused-ring (bicyclic) bond motifs is 1. The number of carbonyl (C=O) groups is 1. The van der Waals surface area contributed by atoms with Crippen molar-refractivity contribution in [3.05, 3.63) is 89.8 Å². The molecule has 1 amide bonds. The van der Waals surface area contributed by atoms with Gasteiger partial charge in [0.05, 0.1) is 32.1 Å². The zero-order chi connectivity index (χ0) is 23.4. The van der Waals surface area contributed by atoms with Crippen LogP contribution in [0.3, 0.4) is 0 Å². The molecule has 3 aromatic carbocycles. The minimum atomic E-state index is -0.363. The first-order valence-corrected chi connectivity index (χ1v) is 12.8. The van der Waals surface area contributed by atoms with Crippen LogP contribution in [0.2, 0.25) is 0 Å². The van der Waals surface area contributed by atoms with Crippen molar-refractivity contribution in [1.82, 2.24) is 15.0 Å². The highest BCUT2D eigenvalue weighted by Crippen LogP contribution is 2.25. The van der Waals surface area contributed by atoms with E-state index >= 15 is 0 Å². The lowest BCUT2D eigenvalue weighted by Gasteiger charge is -2.12. The monoisotopic (exact) mass is 682 g/mol. The van der Waals surface area contributed by atoms with E-state index in [-0.39, 0.29) is 23.0 Å². The van der Waals surface area contributed by atoms with Gasteiger partial charge in [-0.05, 0) is 81.6 Å². The Morgan fingerprint density at radius 1 is 1.12 bits per heavy atom. The van der Waals surface area contributed by atoms with Gasteiger partial charge in [-0.2, -0.15) is 5.10 Å². The fourth-order valence-electron chi connectivity index (χ4n) is 3.03. The predicted octanol–water partition coefficient (Wildman–Crippen LogP) is 4.54. The van der Waals surface area contributed by atoms with Crippen molar-refractivity contribution in [3.63, 3.8) is 0 Å². The molecular formula is C23H16I2N4O3S. The number of aromatic hydroxyl groups is 1. The van der Waals surface area contributed by atoms with Gasteiger partial charge in [0, 0.05) is 9.13 Å². The lowest BCUT2D eigenvalue weighted by atomic mass is 10.2. The third kappa shape index (κ3) is 5.55. The molecule has 0 bridgehead atoms. The summed E-state index contributed by atoms with van der Waals surface area (Å²) in [5.41, 5.74) is 4.01. The smallest absolute Gasteiger partial charge is 0.266 e. The zero-order valence-electron chi connectivity index (χ0n) is 16.9. The van der Waals surface area contributed by atoms with Gasteiger partial charge in [-0.3, -0.25) is 14.2 Å². The summed E-state index contributed by atoms with van der Waals surface area (Å²) in [6, 6.07) is 19.9. The fraction of sp³-hybridized carbons (Fsp3) is 0.0435. The fourth-order valence-corrected chi connectivity index (χ4v) is 5.73. The second-order valence-corrected chi connectivity index (χ2v) is 10.1. The Kier molecular flexibility index (Phi) is 7.65. The van der Waals surface area contributed by atoms with Crippen LogP contribution in [0.25, 0.3) is 16.6 Å². The average Bonchev–Trinajstić information content (AvgIpc) is 2.81. The molecule has 0 atom stereocenters. The van der Waals surface area contributed by atoms with Gasteiger partial charge in [0.25, 0.3) is 11.5 Å². The van der Waals surface area contributed by atoms with E-state index in [9.17, 15) is 14.7 Å². The predicted molar refractivity (Wildman–Crippen MR) is 147 cm³/mol. The van der Waals surface area contributed by atoms with Crippen LogP contribution in [-0.2, 0) is 4.79 Å². The van der Waals surface area contributed by atoms with Crippen molar-refractivity contribution in [3.8, 4) is 11.4 Å². The normalized spacial score (nSPS) is 11.2. The van der Waals surface area contributed by atoms with Crippen molar-refractivity contribution in [2.75, 3.05) is 5.75 Å². The first-order chi connectivity index (χ1) is 15.9. The van der Waals surface area contributed by atoms with Crippen molar-refractivity contribution < 1.29 is 9.90 Å². The van der Waals surface area contributed by atoms with E-state index in [0.29, 0.717) is 30.9 Å². The number of nitrogens with zero attached hydrogens (tertiary/aromatic N) is 3. The maximum absolute atomic E-state index is 13.2. The molecule has 4 rings (SSSR count). The highest BCUT2D eigenvalue weighted by Gasteiger charge is 2.14. The Hall–Kier alpha value is -2.45. The Balaban J connectivity index is 1.55. The molecule has 0 radical (unpaired) electrons. The van der Waals surface area contributed by atoms with Crippen LogP contribution in [0.4, 0.5) is 0 Å². The number of phenolic OH excluding ortho intramolecular Hbond substituents is 1. The highest BCUT2D eigenvalue weighted by atomic mass is 127. The Bertz CT molecular complexity index is 1420. The van der Waals surface area contributed by atoms with Crippen LogP contribution in [0.15, 0.2) is 81.8 Å². The molecule has 0 aliphatic carbocycles. The summed E-state index contributed by atoms with van der Waals surface area (Å²) in [6.07, 6.45) is 1.40. The molecule has 1 heterocycles. The minimum absolute atomic E-state index is 0.00476. The molecule has 0 saturated heterocycles. The van der Waals surface area contributed by atoms with Crippen molar-refractivity contribution >= 4 is 80.0 Å². The summed E-state index contributed by atoms with van der Waals surface area (Å²) < 4.78 is 3.15. The molecular weight excluding hydrogens is 666 g/mol. The van der Waals surface area contributed by atoms with Gasteiger partial charge >= 0.3 is 0 Å². The summed E-state index contributed by atoms with van der Waals surface area (Å²) in [5, 5.41) is 15.0. The number of carbonyl (C=O) groups excluding carboxylic acids is 1. The van der Waals surface area contributed by atoms with E-state index < -0.39 is 0 Å². The van der Waals surface area contributed by atoms with Gasteiger partial charge in [0.2, 0.25) is 0 Å². The number of hydrazone groups is 1. The molecule has 0 aliphatic rings. The van der Waals surface area contributed by atoms with Crippen LogP contribution >= 0.6 is 56.9 Å². The van der Waals surface area contributed by atoms with E-state index in [1.165, 1.54) is 10.8 Å². The second-order valence-electron chi connectivity index (χ2n) is 6.79. The molecule has 1 aromatic heterocycles. The maximum atomic E-state index is 13.2. The molecule has 10 heteroatoms. The van der Waals surface area contributed by atoms with Gasteiger partial charge in [0.1, 0.15) is 5.75 Å². The number of rotatable bonds is 6. The van der Waals surface area contributed by atoms with E-state index in [2.05, 4.69) is 38.1 Å². The quantitative estimate of drug-likeness (QED) is 0.102. The number of aromatic nitrogens is 2. The van der Waals surface area contributed by atoms with E-state index in [1.807, 2.05) is 65.1 Å². The van der Waals surface area contributed by atoms with Gasteiger partial charge in [-0.1, -0.05) is 42.1 Å². The molecule has 2 N–H and O–H groups in total. The van der Waals surface area contributed by atoms with Crippen LogP contribution in [-0.4, -0.2) is 32.5 Å². The standard InChI is InChI=1S/C23H16I2N4O3S/c24-15-10-14(21(31)18(25)11-15)12-26-28-20(30)13-33-23-27-19-9-5-4-8-17(19)22(32)29(23)16-6-2-1-3-7-16/h1-12,31H,13H2,(H,28,30)/b26-12+. The third-order valence-corrected chi connectivity index (χ3v) is 6.93. The number of hydrogen-bond acceptors (Lipinski definition) is 6. The molecule has 33 heavy (non-hydrogen) atoms. The Labute approximate surface area is 220 Å². The second kappa shape index (κ2) is 10.7.